The number of aromatic nitrogens is 1. The number of carbonyl (C=O) groups is 1. The van der Waals surface area contributed by atoms with E-state index in [9.17, 15) is 9.18 Å². The van der Waals surface area contributed by atoms with E-state index in [0.29, 0.717) is 0 Å². The number of halogens is 1. The molecule has 0 atom stereocenters. The standard InChI is InChI=1S/C6H3BFNO2/c7-3-1-9-2-4(8)5(3)6(10)11/h1-2H,(H,10,11). The molecule has 5 heteroatoms. The topological polar surface area (TPSA) is 50.2 Å². The maximum atomic E-state index is 12.6. The molecule has 0 saturated carbocycles. The lowest BCUT2D eigenvalue weighted by Gasteiger charge is -1.99. The maximum Gasteiger partial charge on any atom is 0.338 e. The Kier molecular flexibility index (Phi) is 1.89. The zero-order chi connectivity index (χ0) is 8.43. The van der Waals surface area contributed by atoms with Crippen molar-refractivity contribution >= 4 is 19.3 Å². The molecule has 1 aromatic rings. The lowest BCUT2D eigenvalue weighted by molar-refractivity contribution is 0.0693. The lowest BCUT2D eigenvalue weighted by atomic mass is 9.93. The van der Waals surface area contributed by atoms with E-state index in [2.05, 4.69) is 4.98 Å². The second-order valence-corrected chi connectivity index (χ2v) is 1.89. The summed E-state index contributed by atoms with van der Waals surface area (Å²) in [5, 5.41) is 8.40. The van der Waals surface area contributed by atoms with Gasteiger partial charge in [0.1, 0.15) is 7.85 Å². The van der Waals surface area contributed by atoms with Crippen molar-refractivity contribution in [3.8, 4) is 0 Å². The fraction of sp³-hybridized carbons (Fsp3) is 0. The summed E-state index contributed by atoms with van der Waals surface area (Å²) < 4.78 is 12.6. The molecular formula is C6H3BFNO2. The fourth-order valence-electron chi connectivity index (χ4n) is 0.676. The van der Waals surface area contributed by atoms with Gasteiger partial charge in [-0.15, -0.1) is 0 Å². The van der Waals surface area contributed by atoms with Crippen molar-refractivity contribution in [3.63, 3.8) is 0 Å². The Hall–Kier alpha value is -1.39. The quantitative estimate of drug-likeness (QED) is 0.561. The van der Waals surface area contributed by atoms with Crippen molar-refractivity contribution in [2.24, 2.45) is 0 Å². The van der Waals surface area contributed by atoms with Crippen LogP contribution in [0.3, 0.4) is 0 Å². The second-order valence-electron chi connectivity index (χ2n) is 1.89. The first kappa shape index (κ1) is 7.72. The van der Waals surface area contributed by atoms with E-state index in [1.165, 1.54) is 0 Å². The Morgan fingerprint density at radius 3 is 2.64 bits per heavy atom. The minimum absolute atomic E-state index is 0.169. The minimum Gasteiger partial charge on any atom is -0.478 e. The molecule has 0 aliphatic rings. The first-order chi connectivity index (χ1) is 5.13. The summed E-state index contributed by atoms with van der Waals surface area (Å²) in [5.74, 6) is -2.31. The van der Waals surface area contributed by atoms with Crippen LogP contribution in [-0.2, 0) is 0 Å². The number of rotatable bonds is 1. The number of hydrogen-bond acceptors (Lipinski definition) is 2. The van der Waals surface area contributed by atoms with Crippen LogP contribution in [0.1, 0.15) is 10.4 Å². The third kappa shape index (κ3) is 1.37. The van der Waals surface area contributed by atoms with Crippen LogP contribution in [0.2, 0.25) is 0 Å². The number of nitrogens with zero attached hydrogens (tertiary/aromatic N) is 1. The summed E-state index contributed by atoms with van der Waals surface area (Å²) in [6.07, 6.45) is 1.90. The molecule has 0 aliphatic carbocycles. The maximum absolute atomic E-state index is 12.6. The van der Waals surface area contributed by atoms with Gasteiger partial charge in [-0.3, -0.25) is 4.98 Å². The molecule has 0 saturated heterocycles. The summed E-state index contributed by atoms with van der Waals surface area (Å²) in [6.45, 7) is 0. The molecule has 0 fully saturated rings. The zero-order valence-corrected chi connectivity index (χ0v) is 5.41. The summed E-state index contributed by atoms with van der Waals surface area (Å²) in [7, 11) is 5.14. The fourth-order valence-corrected chi connectivity index (χ4v) is 0.676. The minimum atomic E-state index is -1.39. The van der Waals surface area contributed by atoms with Gasteiger partial charge >= 0.3 is 5.97 Å². The van der Waals surface area contributed by atoms with E-state index in [1.54, 1.807) is 0 Å². The van der Waals surface area contributed by atoms with Crippen LogP contribution in [0.15, 0.2) is 12.4 Å². The van der Waals surface area contributed by atoms with Gasteiger partial charge in [0, 0.05) is 6.20 Å². The predicted octanol–water partition coefficient (Wildman–Crippen LogP) is -0.287. The molecule has 1 N–H and O–H groups in total. The van der Waals surface area contributed by atoms with Gasteiger partial charge in [-0.25, -0.2) is 9.18 Å². The smallest absolute Gasteiger partial charge is 0.338 e. The van der Waals surface area contributed by atoms with E-state index >= 15 is 0 Å². The molecule has 0 unspecified atom stereocenters. The van der Waals surface area contributed by atoms with Crippen LogP contribution < -0.4 is 5.46 Å². The second kappa shape index (κ2) is 2.69. The molecular weight excluding hydrogens is 148 g/mol. The highest BCUT2D eigenvalue weighted by molar-refractivity contribution is 6.35. The molecule has 0 aliphatic heterocycles. The van der Waals surface area contributed by atoms with Crippen molar-refractivity contribution in [3.05, 3.63) is 23.8 Å². The van der Waals surface area contributed by atoms with Crippen LogP contribution in [0.25, 0.3) is 0 Å². The monoisotopic (exact) mass is 151 g/mol. The highest BCUT2D eigenvalue weighted by Crippen LogP contribution is 2.00. The van der Waals surface area contributed by atoms with Gasteiger partial charge < -0.3 is 5.11 Å². The van der Waals surface area contributed by atoms with Crippen LogP contribution in [0, 0.1) is 5.82 Å². The normalized spacial score (nSPS) is 9.55. The average molecular weight is 151 g/mol. The van der Waals surface area contributed by atoms with Gasteiger partial charge in [0.05, 0.1) is 11.8 Å². The van der Waals surface area contributed by atoms with Gasteiger partial charge in [-0.05, 0) is 0 Å². The van der Waals surface area contributed by atoms with Gasteiger partial charge in [0.2, 0.25) is 0 Å². The van der Waals surface area contributed by atoms with Crippen LogP contribution in [0.4, 0.5) is 4.39 Å². The number of aromatic carboxylic acids is 1. The first-order valence-electron chi connectivity index (χ1n) is 2.75. The van der Waals surface area contributed by atoms with Crippen molar-refractivity contribution in [1.82, 2.24) is 4.98 Å². The van der Waals surface area contributed by atoms with E-state index in [0.717, 1.165) is 12.4 Å². The molecule has 1 heterocycles. The van der Waals surface area contributed by atoms with E-state index in [1.807, 2.05) is 0 Å². The Bertz CT molecular complexity index is 282. The highest BCUT2D eigenvalue weighted by atomic mass is 19.1. The largest absolute Gasteiger partial charge is 0.478 e. The molecule has 54 valence electrons. The molecule has 3 nitrogen and oxygen atoms in total. The summed E-state index contributed by atoms with van der Waals surface area (Å²) in [6, 6.07) is 0. The summed E-state index contributed by atoms with van der Waals surface area (Å²) in [4.78, 5) is 13.7. The molecule has 2 radical (unpaired) electrons. The average Bonchev–Trinajstić information content (AvgIpc) is 1.85. The van der Waals surface area contributed by atoms with Crippen molar-refractivity contribution < 1.29 is 14.3 Å². The Morgan fingerprint density at radius 2 is 2.27 bits per heavy atom. The van der Waals surface area contributed by atoms with Gasteiger partial charge in [0.15, 0.2) is 5.82 Å². The van der Waals surface area contributed by atoms with Crippen molar-refractivity contribution in [2.75, 3.05) is 0 Å². The lowest BCUT2D eigenvalue weighted by Crippen LogP contribution is -2.18. The van der Waals surface area contributed by atoms with Gasteiger partial charge in [0.25, 0.3) is 0 Å². The van der Waals surface area contributed by atoms with Gasteiger partial charge in [-0.1, -0.05) is 5.46 Å². The van der Waals surface area contributed by atoms with E-state index < -0.39 is 17.3 Å². The summed E-state index contributed by atoms with van der Waals surface area (Å²) >= 11 is 0. The molecule has 1 aromatic heterocycles. The van der Waals surface area contributed by atoms with Crippen molar-refractivity contribution in [1.29, 1.82) is 0 Å². The van der Waals surface area contributed by atoms with Crippen LogP contribution >= 0.6 is 0 Å². The van der Waals surface area contributed by atoms with E-state index in [-0.39, 0.29) is 5.46 Å². The van der Waals surface area contributed by atoms with E-state index in [4.69, 9.17) is 13.0 Å². The van der Waals surface area contributed by atoms with Crippen LogP contribution in [-0.4, -0.2) is 23.9 Å². The number of pyridine rings is 1. The van der Waals surface area contributed by atoms with Gasteiger partial charge in [-0.2, -0.15) is 0 Å². The summed E-state index contributed by atoms with van der Waals surface area (Å²) in [5.41, 5.74) is -0.697. The number of hydrogen-bond donors (Lipinski definition) is 1. The predicted molar refractivity (Wildman–Crippen MR) is 36.5 cm³/mol. The SMILES string of the molecule is [B]c1cncc(F)c1C(=O)O. The first-order valence-corrected chi connectivity index (χ1v) is 2.75. The molecule has 11 heavy (non-hydrogen) atoms. The molecule has 0 aromatic carbocycles. The third-order valence-electron chi connectivity index (χ3n) is 1.14. The van der Waals surface area contributed by atoms with Crippen LogP contribution in [0.5, 0.6) is 0 Å². The zero-order valence-electron chi connectivity index (χ0n) is 5.41. The Labute approximate surface area is 63.3 Å². The third-order valence-corrected chi connectivity index (χ3v) is 1.14. The highest BCUT2D eigenvalue weighted by Gasteiger charge is 2.11. The number of carboxylic acids is 1. The Balaban J connectivity index is 3.32. The van der Waals surface area contributed by atoms with Crippen molar-refractivity contribution in [2.45, 2.75) is 0 Å². The number of carboxylic acid groups (broad SMARTS) is 1. The molecule has 0 amide bonds. The Morgan fingerprint density at radius 1 is 1.64 bits per heavy atom. The molecule has 1 rings (SSSR count). The molecule has 0 spiro atoms. The molecule has 0 bridgehead atoms.